The molecule has 2 nitrogen and oxygen atoms in total. The van der Waals surface area contributed by atoms with Crippen molar-refractivity contribution in [3.63, 3.8) is 0 Å². The summed E-state index contributed by atoms with van der Waals surface area (Å²) in [5.74, 6) is 0.872. The molecule has 1 heterocycles. The molecule has 1 aromatic carbocycles. The van der Waals surface area contributed by atoms with Crippen molar-refractivity contribution < 1.29 is 4.74 Å². The van der Waals surface area contributed by atoms with Gasteiger partial charge in [0, 0.05) is 6.04 Å². The minimum atomic E-state index is 0.170. The molecule has 1 unspecified atom stereocenters. The maximum atomic E-state index is 6.16. The predicted octanol–water partition coefficient (Wildman–Crippen LogP) is 2.55. The number of hydrogen-bond acceptors (Lipinski definition) is 2. The van der Waals surface area contributed by atoms with Gasteiger partial charge >= 0.3 is 0 Å². The zero-order chi connectivity index (χ0) is 10.8. The summed E-state index contributed by atoms with van der Waals surface area (Å²) < 4.78 is 5.55. The van der Waals surface area contributed by atoms with Gasteiger partial charge in [-0.25, -0.2) is 0 Å². The largest absolute Gasteiger partial charge is 0.492 e. The fraction of sp³-hybridized carbons (Fsp3) is 0.500. The molecule has 0 aromatic heterocycles. The number of nitrogens with two attached hydrogens (primary N) is 1. The molecule has 0 bridgehead atoms. The second kappa shape index (κ2) is 4.42. The van der Waals surface area contributed by atoms with Gasteiger partial charge in [-0.3, -0.25) is 0 Å². The molecule has 0 radical (unpaired) electrons. The van der Waals surface area contributed by atoms with Crippen molar-refractivity contribution in [2.45, 2.75) is 32.2 Å². The van der Waals surface area contributed by atoms with E-state index in [4.69, 9.17) is 22.1 Å². The van der Waals surface area contributed by atoms with Gasteiger partial charge in [0.15, 0.2) is 0 Å². The molecule has 1 aliphatic rings. The lowest BCUT2D eigenvalue weighted by atomic mass is 10.00. The second-order valence-corrected chi connectivity index (χ2v) is 4.61. The molecule has 1 atom stereocenters. The van der Waals surface area contributed by atoms with Crippen molar-refractivity contribution in [1.29, 1.82) is 0 Å². The van der Waals surface area contributed by atoms with Gasteiger partial charge in [0.25, 0.3) is 0 Å². The summed E-state index contributed by atoms with van der Waals surface area (Å²) in [6, 6.07) is 4.31. The van der Waals surface area contributed by atoms with Gasteiger partial charge < -0.3 is 10.5 Å². The number of halogens is 1. The maximum Gasteiger partial charge on any atom is 0.141 e. The zero-order valence-corrected chi connectivity index (χ0v) is 9.68. The lowest BCUT2D eigenvalue weighted by Gasteiger charge is -2.20. The third-order valence-electron chi connectivity index (χ3n) is 2.57. The topological polar surface area (TPSA) is 35.2 Å². The van der Waals surface area contributed by atoms with E-state index in [0.29, 0.717) is 0 Å². The molecule has 82 valence electrons. The van der Waals surface area contributed by atoms with Crippen molar-refractivity contribution in [2.75, 3.05) is 6.61 Å². The van der Waals surface area contributed by atoms with Crippen molar-refractivity contribution in [3.05, 3.63) is 28.3 Å². The summed E-state index contributed by atoms with van der Waals surface area (Å²) in [5.41, 5.74) is 8.21. The van der Waals surface area contributed by atoms with Crippen LogP contribution in [0, 0.1) is 0 Å². The van der Waals surface area contributed by atoms with Gasteiger partial charge in [-0.1, -0.05) is 17.7 Å². The fourth-order valence-electron chi connectivity index (χ4n) is 1.99. The highest BCUT2D eigenvalue weighted by atomic mass is 35.5. The Morgan fingerprint density at radius 2 is 2.33 bits per heavy atom. The van der Waals surface area contributed by atoms with E-state index in [1.54, 1.807) is 0 Å². The third kappa shape index (κ3) is 2.44. The Labute approximate surface area is 95.4 Å². The van der Waals surface area contributed by atoms with Gasteiger partial charge in [-0.05, 0) is 43.4 Å². The highest BCUT2D eigenvalue weighted by Gasteiger charge is 2.15. The molecule has 1 aromatic rings. The van der Waals surface area contributed by atoms with Crippen LogP contribution in [0.4, 0.5) is 0 Å². The summed E-state index contributed by atoms with van der Waals surface area (Å²) in [6.07, 6.45) is 3.00. The van der Waals surface area contributed by atoms with Crippen LogP contribution in [-0.4, -0.2) is 12.6 Å². The molecule has 1 aliphatic heterocycles. The summed E-state index contributed by atoms with van der Waals surface area (Å²) in [4.78, 5) is 0. The molecule has 0 amide bonds. The Morgan fingerprint density at radius 3 is 3.07 bits per heavy atom. The van der Waals surface area contributed by atoms with E-state index < -0.39 is 0 Å². The number of rotatable bonds is 2. The molecule has 2 rings (SSSR count). The molecular weight excluding hydrogens is 210 g/mol. The number of fused-ring (bicyclic) bond motifs is 1. The van der Waals surface area contributed by atoms with Gasteiger partial charge in [0.05, 0.1) is 11.6 Å². The fourth-order valence-corrected chi connectivity index (χ4v) is 2.30. The van der Waals surface area contributed by atoms with Crippen molar-refractivity contribution in [2.24, 2.45) is 5.73 Å². The van der Waals surface area contributed by atoms with Crippen LogP contribution in [0.1, 0.15) is 24.5 Å². The normalized spacial score (nSPS) is 16.7. The first kappa shape index (κ1) is 10.8. The predicted molar refractivity (Wildman–Crippen MR) is 62.6 cm³/mol. The van der Waals surface area contributed by atoms with Crippen LogP contribution < -0.4 is 10.5 Å². The average molecular weight is 226 g/mol. The SMILES string of the molecule is CC(N)Cc1cc(Cl)c2c(c1)CCCO2. The Hall–Kier alpha value is -0.730. The Kier molecular flexibility index (Phi) is 3.17. The van der Waals surface area contributed by atoms with E-state index in [9.17, 15) is 0 Å². The highest BCUT2D eigenvalue weighted by Crippen LogP contribution is 2.34. The van der Waals surface area contributed by atoms with E-state index in [-0.39, 0.29) is 6.04 Å². The zero-order valence-electron chi connectivity index (χ0n) is 8.92. The van der Waals surface area contributed by atoms with E-state index in [2.05, 4.69) is 6.07 Å². The Bertz CT molecular complexity index is 363. The second-order valence-electron chi connectivity index (χ2n) is 4.20. The molecule has 15 heavy (non-hydrogen) atoms. The lowest BCUT2D eigenvalue weighted by molar-refractivity contribution is 0.288. The minimum absolute atomic E-state index is 0.170. The van der Waals surface area contributed by atoms with Crippen molar-refractivity contribution in [1.82, 2.24) is 0 Å². The van der Waals surface area contributed by atoms with Crippen LogP contribution in [0.25, 0.3) is 0 Å². The lowest BCUT2D eigenvalue weighted by Crippen LogP contribution is -2.18. The highest BCUT2D eigenvalue weighted by molar-refractivity contribution is 6.32. The standard InChI is InChI=1S/C12H16ClNO/c1-8(14)5-9-6-10-3-2-4-15-12(10)11(13)7-9/h6-8H,2-5,14H2,1H3. The monoisotopic (exact) mass is 225 g/mol. The first-order valence-corrected chi connectivity index (χ1v) is 5.74. The Morgan fingerprint density at radius 1 is 1.53 bits per heavy atom. The van der Waals surface area contributed by atoms with Crippen molar-refractivity contribution in [3.8, 4) is 5.75 Å². The van der Waals surface area contributed by atoms with Gasteiger partial charge in [-0.15, -0.1) is 0 Å². The van der Waals surface area contributed by atoms with Crippen LogP contribution in [0.2, 0.25) is 5.02 Å². The number of hydrogen-bond donors (Lipinski definition) is 1. The van der Waals surface area contributed by atoms with E-state index in [0.717, 1.165) is 36.6 Å². The summed E-state index contributed by atoms with van der Waals surface area (Å²) >= 11 is 6.16. The first-order valence-electron chi connectivity index (χ1n) is 5.36. The van der Waals surface area contributed by atoms with Crippen LogP contribution in [0.3, 0.4) is 0 Å². The quantitative estimate of drug-likeness (QED) is 0.840. The molecule has 0 fully saturated rings. The summed E-state index contributed by atoms with van der Waals surface area (Å²) in [7, 11) is 0. The molecule has 0 aliphatic carbocycles. The maximum absolute atomic E-state index is 6.16. The number of aryl methyl sites for hydroxylation is 1. The molecule has 3 heteroatoms. The van der Waals surface area contributed by atoms with E-state index >= 15 is 0 Å². The van der Waals surface area contributed by atoms with E-state index in [1.165, 1.54) is 11.1 Å². The summed E-state index contributed by atoms with van der Waals surface area (Å²) in [5, 5.41) is 0.725. The van der Waals surface area contributed by atoms with Gasteiger partial charge in [0.1, 0.15) is 5.75 Å². The minimum Gasteiger partial charge on any atom is -0.492 e. The number of ether oxygens (including phenoxy) is 1. The van der Waals surface area contributed by atoms with E-state index in [1.807, 2.05) is 13.0 Å². The van der Waals surface area contributed by atoms with Gasteiger partial charge in [-0.2, -0.15) is 0 Å². The average Bonchev–Trinajstić information content (AvgIpc) is 2.16. The van der Waals surface area contributed by atoms with Crippen LogP contribution in [-0.2, 0) is 12.8 Å². The summed E-state index contributed by atoms with van der Waals surface area (Å²) in [6.45, 7) is 2.78. The third-order valence-corrected chi connectivity index (χ3v) is 2.86. The molecular formula is C12H16ClNO. The smallest absolute Gasteiger partial charge is 0.141 e. The molecule has 2 N–H and O–H groups in total. The van der Waals surface area contributed by atoms with Crippen molar-refractivity contribution >= 4 is 11.6 Å². The number of benzene rings is 1. The van der Waals surface area contributed by atoms with Crippen LogP contribution in [0.5, 0.6) is 5.75 Å². The van der Waals surface area contributed by atoms with Crippen LogP contribution >= 0.6 is 11.6 Å². The molecule has 0 spiro atoms. The first-order chi connectivity index (χ1) is 7.16. The van der Waals surface area contributed by atoms with Crippen LogP contribution in [0.15, 0.2) is 12.1 Å². The Balaban J connectivity index is 2.32. The molecule has 0 saturated heterocycles. The van der Waals surface area contributed by atoms with Gasteiger partial charge in [0.2, 0.25) is 0 Å². The molecule has 0 saturated carbocycles.